The number of hydrogen-bond acceptors (Lipinski definition) is 2. The lowest BCUT2D eigenvalue weighted by atomic mass is 10.2. The Hall–Kier alpha value is -2.30. The first-order valence-corrected chi connectivity index (χ1v) is 5.82. The highest BCUT2D eigenvalue weighted by atomic mass is 16.4. The van der Waals surface area contributed by atoms with Crippen LogP contribution >= 0.6 is 0 Å². The molecule has 3 rings (SSSR count). The van der Waals surface area contributed by atoms with Crippen LogP contribution in [-0.2, 0) is 0 Å². The summed E-state index contributed by atoms with van der Waals surface area (Å²) in [7, 11) is 0. The minimum absolute atomic E-state index is 0.0198. The standard InChI is InChI=1S/C13H12N2O3/c16-12(17)10-11(8-6-7-8)15(13(18)14-10)9-4-2-1-3-5-9/h1-5,8H,6-7H2,(H,14,18)(H,16,17). The number of hydrogen-bond donors (Lipinski definition) is 2. The predicted octanol–water partition coefficient (Wildman–Crippen LogP) is 1.74. The molecule has 2 aromatic rings. The molecule has 5 heteroatoms. The van der Waals surface area contributed by atoms with Gasteiger partial charge < -0.3 is 5.11 Å². The summed E-state index contributed by atoms with van der Waals surface area (Å²) in [6.07, 6.45) is 1.87. The topological polar surface area (TPSA) is 75.1 Å². The zero-order valence-electron chi connectivity index (χ0n) is 9.59. The summed E-state index contributed by atoms with van der Waals surface area (Å²) in [6, 6.07) is 9.10. The monoisotopic (exact) mass is 244 g/mol. The molecule has 0 atom stereocenters. The molecule has 92 valence electrons. The molecule has 5 nitrogen and oxygen atoms in total. The third-order valence-corrected chi connectivity index (χ3v) is 3.12. The Kier molecular flexibility index (Phi) is 2.33. The van der Waals surface area contributed by atoms with Crippen molar-refractivity contribution >= 4 is 5.97 Å². The molecule has 0 saturated heterocycles. The molecular formula is C13H12N2O3. The van der Waals surface area contributed by atoms with Gasteiger partial charge in [0.25, 0.3) is 0 Å². The molecule has 1 fully saturated rings. The number of aromatic carboxylic acids is 1. The number of carboxylic acid groups (broad SMARTS) is 1. The molecule has 0 radical (unpaired) electrons. The van der Waals surface area contributed by atoms with E-state index in [1.165, 1.54) is 4.57 Å². The summed E-state index contributed by atoms with van der Waals surface area (Å²) >= 11 is 0. The van der Waals surface area contributed by atoms with Crippen molar-refractivity contribution < 1.29 is 9.90 Å². The Bertz CT molecular complexity index is 651. The number of rotatable bonds is 3. The molecule has 0 unspecified atom stereocenters. The molecule has 0 spiro atoms. The third-order valence-electron chi connectivity index (χ3n) is 3.12. The molecule has 1 aliphatic rings. The number of aromatic nitrogens is 2. The van der Waals surface area contributed by atoms with Crippen molar-refractivity contribution in [3.63, 3.8) is 0 Å². The van der Waals surface area contributed by atoms with Crippen LogP contribution in [0.4, 0.5) is 0 Å². The van der Waals surface area contributed by atoms with E-state index in [-0.39, 0.29) is 17.3 Å². The summed E-state index contributed by atoms with van der Waals surface area (Å²) < 4.78 is 1.47. The molecule has 1 saturated carbocycles. The van der Waals surface area contributed by atoms with E-state index >= 15 is 0 Å². The molecule has 1 aromatic heterocycles. The Morgan fingerprint density at radius 3 is 2.50 bits per heavy atom. The van der Waals surface area contributed by atoms with Gasteiger partial charge in [-0.3, -0.25) is 9.55 Å². The number of aromatic amines is 1. The Morgan fingerprint density at radius 2 is 1.94 bits per heavy atom. The van der Waals surface area contributed by atoms with E-state index in [1.807, 2.05) is 18.2 Å². The molecule has 0 bridgehead atoms. The first kappa shape index (κ1) is 10.8. The van der Waals surface area contributed by atoms with Crippen LogP contribution in [0.1, 0.15) is 34.9 Å². The quantitative estimate of drug-likeness (QED) is 0.863. The van der Waals surface area contributed by atoms with Crippen LogP contribution in [0.3, 0.4) is 0 Å². The molecule has 0 aliphatic heterocycles. The first-order chi connectivity index (χ1) is 8.68. The summed E-state index contributed by atoms with van der Waals surface area (Å²) in [4.78, 5) is 25.5. The van der Waals surface area contributed by atoms with Gasteiger partial charge >= 0.3 is 11.7 Å². The number of H-pyrrole nitrogens is 1. The Labute approximate surface area is 103 Å². The lowest BCUT2D eigenvalue weighted by molar-refractivity contribution is 0.0689. The van der Waals surface area contributed by atoms with Crippen LogP contribution in [0.5, 0.6) is 0 Å². The molecular weight excluding hydrogens is 232 g/mol. The van der Waals surface area contributed by atoms with E-state index in [4.69, 9.17) is 5.11 Å². The van der Waals surface area contributed by atoms with Gasteiger partial charge in [-0.25, -0.2) is 9.59 Å². The zero-order valence-corrected chi connectivity index (χ0v) is 9.59. The third kappa shape index (κ3) is 1.64. The Morgan fingerprint density at radius 1 is 1.28 bits per heavy atom. The SMILES string of the molecule is O=C(O)c1[nH]c(=O)n(-c2ccccc2)c1C1CC1. The fourth-order valence-electron chi connectivity index (χ4n) is 2.19. The average Bonchev–Trinajstić information content (AvgIpc) is 3.13. The van der Waals surface area contributed by atoms with Crippen molar-refractivity contribution in [1.82, 2.24) is 9.55 Å². The van der Waals surface area contributed by atoms with Gasteiger partial charge in [0.05, 0.1) is 11.4 Å². The van der Waals surface area contributed by atoms with Gasteiger partial charge in [0.2, 0.25) is 0 Å². The number of nitrogens with one attached hydrogen (secondary N) is 1. The van der Waals surface area contributed by atoms with Crippen molar-refractivity contribution in [3.8, 4) is 5.69 Å². The lowest BCUT2D eigenvalue weighted by Crippen LogP contribution is -2.16. The van der Waals surface area contributed by atoms with Gasteiger partial charge in [0, 0.05) is 5.92 Å². The predicted molar refractivity (Wildman–Crippen MR) is 65.3 cm³/mol. The van der Waals surface area contributed by atoms with E-state index in [0.29, 0.717) is 11.4 Å². The zero-order chi connectivity index (χ0) is 12.7. The van der Waals surface area contributed by atoms with Gasteiger partial charge in [-0.2, -0.15) is 0 Å². The van der Waals surface area contributed by atoms with E-state index < -0.39 is 5.97 Å². The fourth-order valence-corrected chi connectivity index (χ4v) is 2.19. The second-order valence-electron chi connectivity index (χ2n) is 4.44. The molecule has 1 aromatic carbocycles. The van der Waals surface area contributed by atoms with Gasteiger partial charge in [0.15, 0.2) is 0 Å². The number of carbonyl (C=O) groups is 1. The average molecular weight is 244 g/mol. The molecule has 18 heavy (non-hydrogen) atoms. The van der Waals surface area contributed by atoms with Gasteiger partial charge in [-0.05, 0) is 25.0 Å². The molecule has 1 aliphatic carbocycles. The number of para-hydroxylation sites is 1. The van der Waals surface area contributed by atoms with Crippen LogP contribution in [-0.4, -0.2) is 20.6 Å². The van der Waals surface area contributed by atoms with Crippen molar-refractivity contribution in [2.45, 2.75) is 18.8 Å². The molecule has 0 amide bonds. The van der Waals surface area contributed by atoms with Crippen molar-refractivity contribution in [2.24, 2.45) is 0 Å². The van der Waals surface area contributed by atoms with Gasteiger partial charge in [-0.1, -0.05) is 18.2 Å². The minimum Gasteiger partial charge on any atom is -0.477 e. The molecule has 2 N–H and O–H groups in total. The van der Waals surface area contributed by atoms with E-state index in [2.05, 4.69) is 4.98 Å². The summed E-state index contributed by atoms with van der Waals surface area (Å²) in [5, 5.41) is 9.14. The van der Waals surface area contributed by atoms with Crippen LogP contribution < -0.4 is 5.69 Å². The highest BCUT2D eigenvalue weighted by Gasteiger charge is 2.33. The number of benzene rings is 1. The maximum atomic E-state index is 11.9. The minimum atomic E-state index is -1.08. The van der Waals surface area contributed by atoms with E-state index in [0.717, 1.165) is 12.8 Å². The van der Waals surface area contributed by atoms with Crippen LogP contribution in [0.15, 0.2) is 35.1 Å². The van der Waals surface area contributed by atoms with E-state index in [1.54, 1.807) is 12.1 Å². The van der Waals surface area contributed by atoms with Crippen LogP contribution in [0, 0.1) is 0 Å². The highest BCUT2D eigenvalue weighted by molar-refractivity contribution is 5.87. The second kappa shape index (κ2) is 3.87. The number of nitrogens with zero attached hydrogens (tertiary/aromatic N) is 1. The van der Waals surface area contributed by atoms with Crippen LogP contribution in [0.2, 0.25) is 0 Å². The lowest BCUT2D eigenvalue weighted by Gasteiger charge is -2.06. The van der Waals surface area contributed by atoms with Crippen molar-refractivity contribution in [3.05, 3.63) is 52.2 Å². The van der Waals surface area contributed by atoms with Gasteiger partial charge in [-0.15, -0.1) is 0 Å². The van der Waals surface area contributed by atoms with E-state index in [9.17, 15) is 9.59 Å². The normalized spacial score (nSPS) is 14.7. The fraction of sp³-hybridized carbons (Fsp3) is 0.231. The summed E-state index contributed by atoms with van der Waals surface area (Å²) in [5.74, 6) is -0.904. The number of imidazole rings is 1. The summed E-state index contributed by atoms with van der Waals surface area (Å²) in [6.45, 7) is 0. The second-order valence-corrected chi connectivity index (χ2v) is 4.44. The highest BCUT2D eigenvalue weighted by Crippen LogP contribution is 2.41. The maximum absolute atomic E-state index is 11.9. The summed E-state index contributed by atoms with van der Waals surface area (Å²) in [5.41, 5.74) is 0.929. The number of carboxylic acids is 1. The first-order valence-electron chi connectivity index (χ1n) is 5.82. The van der Waals surface area contributed by atoms with Crippen LogP contribution in [0.25, 0.3) is 5.69 Å². The smallest absolute Gasteiger partial charge is 0.354 e. The van der Waals surface area contributed by atoms with Crippen molar-refractivity contribution in [2.75, 3.05) is 0 Å². The van der Waals surface area contributed by atoms with Gasteiger partial charge in [0.1, 0.15) is 5.69 Å². The van der Waals surface area contributed by atoms with Crippen molar-refractivity contribution in [1.29, 1.82) is 0 Å². The maximum Gasteiger partial charge on any atom is 0.354 e. The largest absolute Gasteiger partial charge is 0.477 e. The Balaban J connectivity index is 2.26. The molecule has 1 heterocycles.